The number of ether oxygens (including phenoxy) is 1. The summed E-state index contributed by atoms with van der Waals surface area (Å²) in [6.45, 7) is 9.65. The summed E-state index contributed by atoms with van der Waals surface area (Å²) >= 11 is 0. The summed E-state index contributed by atoms with van der Waals surface area (Å²) in [4.78, 5) is 29.7. The van der Waals surface area contributed by atoms with Crippen molar-refractivity contribution in [2.75, 3.05) is 26.3 Å². The molecule has 0 unspecified atom stereocenters. The van der Waals surface area contributed by atoms with Gasteiger partial charge in [0.15, 0.2) is 5.65 Å². The van der Waals surface area contributed by atoms with E-state index in [1.807, 2.05) is 47.4 Å². The van der Waals surface area contributed by atoms with E-state index in [0.29, 0.717) is 54.4 Å². The molecule has 5 heterocycles. The second kappa shape index (κ2) is 8.99. The lowest BCUT2D eigenvalue weighted by Gasteiger charge is -2.26. The van der Waals surface area contributed by atoms with Gasteiger partial charge in [0.05, 0.1) is 30.5 Å². The van der Waals surface area contributed by atoms with Gasteiger partial charge in [-0.3, -0.25) is 4.79 Å². The highest BCUT2D eigenvalue weighted by Gasteiger charge is 2.18. The Morgan fingerprint density at radius 2 is 1.92 bits per heavy atom. The number of hydrogen-bond donors (Lipinski definition) is 1. The first kappa shape index (κ1) is 21.5. The SMILES string of the molecule is [C-]#[N+]c1cc(C#Cc2cnc3ccc(-c4ccc(C(=O)N5CCOCC5)cc4)nn23)c2cc[nH]c2n1. The number of H-pyrrole nitrogens is 1. The van der Waals surface area contributed by atoms with Crippen LogP contribution in [0.2, 0.25) is 0 Å². The van der Waals surface area contributed by atoms with Crippen LogP contribution in [0.15, 0.2) is 60.9 Å². The number of pyridine rings is 1. The molecule has 1 N–H and O–H groups in total. The number of benzene rings is 1. The summed E-state index contributed by atoms with van der Waals surface area (Å²) in [5.41, 5.74) is 4.89. The smallest absolute Gasteiger partial charge is 0.273 e. The van der Waals surface area contributed by atoms with Gasteiger partial charge in [-0.15, -0.1) is 4.98 Å². The number of carbonyl (C=O) groups is 1. The Morgan fingerprint density at radius 3 is 2.72 bits per heavy atom. The summed E-state index contributed by atoms with van der Waals surface area (Å²) in [5.74, 6) is 6.58. The number of amides is 1. The van der Waals surface area contributed by atoms with Crippen LogP contribution in [0.1, 0.15) is 21.6 Å². The average molecular weight is 473 g/mol. The molecule has 1 aliphatic rings. The zero-order chi connectivity index (χ0) is 24.5. The van der Waals surface area contributed by atoms with E-state index in [2.05, 4.69) is 31.6 Å². The molecular weight excluding hydrogens is 454 g/mol. The predicted molar refractivity (Wildman–Crippen MR) is 133 cm³/mol. The predicted octanol–water partition coefficient (Wildman–Crippen LogP) is 3.70. The second-order valence-corrected chi connectivity index (χ2v) is 8.24. The first-order valence-corrected chi connectivity index (χ1v) is 11.4. The molecule has 174 valence electrons. The highest BCUT2D eigenvalue weighted by molar-refractivity contribution is 5.94. The molecule has 5 aromatic rings. The number of hydrogen-bond acceptors (Lipinski definition) is 5. The van der Waals surface area contributed by atoms with Gasteiger partial charge >= 0.3 is 0 Å². The lowest BCUT2D eigenvalue weighted by molar-refractivity contribution is 0.0303. The molecule has 9 nitrogen and oxygen atoms in total. The zero-order valence-electron chi connectivity index (χ0n) is 19.1. The largest absolute Gasteiger partial charge is 0.378 e. The fourth-order valence-corrected chi connectivity index (χ4v) is 4.16. The maximum Gasteiger partial charge on any atom is 0.273 e. The molecule has 1 fully saturated rings. The average Bonchev–Trinajstić information content (AvgIpc) is 3.58. The topological polar surface area (TPSA) is 92.8 Å². The Labute approximate surface area is 206 Å². The number of nitrogens with zero attached hydrogens (tertiary/aromatic N) is 6. The third-order valence-corrected chi connectivity index (χ3v) is 6.04. The van der Waals surface area contributed by atoms with E-state index in [1.54, 1.807) is 23.0 Å². The number of aromatic nitrogens is 5. The highest BCUT2D eigenvalue weighted by Crippen LogP contribution is 2.22. The highest BCUT2D eigenvalue weighted by atomic mass is 16.5. The van der Waals surface area contributed by atoms with Crippen LogP contribution in [0.5, 0.6) is 0 Å². The van der Waals surface area contributed by atoms with Gasteiger partial charge in [-0.05, 0) is 42.3 Å². The minimum Gasteiger partial charge on any atom is -0.378 e. The molecule has 36 heavy (non-hydrogen) atoms. The van der Waals surface area contributed by atoms with Gasteiger partial charge in [0.1, 0.15) is 5.69 Å². The molecule has 0 spiro atoms. The molecule has 1 amide bonds. The van der Waals surface area contributed by atoms with E-state index in [1.165, 1.54) is 0 Å². The van der Waals surface area contributed by atoms with Gasteiger partial charge in [0, 0.05) is 36.0 Å². The molecule has 0 bridgehead atoms. The molecule has 4 aromatic heterocycles. The second-order valence-electron chi connectivity index (χ2n) is 8.24. The number of imidazole rings is 1. The third kappa shape index (κ3) is 3.94. The number of rotatable bonds is 2. The quantitative estimate of drug-likeness (QED) is 0.312. The van der Waals surface area contributed by atoms with Crippen LogP contribution >= 0.6 is 0 Å². The van der Waals surface area contributed by atoms with Gasteiger partial charge in [-0.2, -0.15) is 5.10 Å². The summed E-state index contributed by atoms with van der Waals surface area (Å²) < 4.78 is 7.03. The van der Waals surface area contributed by atoms with Crippen molar-refractivity contribution >= 4 is 28.4 Å². The Balaban J connectivity index is 1.31. The number of aromatic amines is 1. The van der Waals surface area contributed by atoms with E-state index < -0.39 is 0 Å². The fourth-order valence-electron chi connectivity index (χ4n) is 4.16. The minimum atomic E-state index is 0.00875. The molecule has 1 aromatic carbocycles. The van der Waals surface area contributed by atoms with Crippen LogP contribution in [0.4, 0.5) is 5.82 Å². The van der Waals surface area contributed by atoms with Crippen LogP contribution in [0.3, 0.4) is 0 Å². The van der Waals surface area contributed by atoms with E-state index in [0.717, 1.165) is 16.6 Å². The minimum absolute atomic E-state index is 0.00875. The number of fused-ring (bicyclic) bond motifs is 2. The molecule has 9 heteroatoms. The van der Waals surface area contributed by atoms with E-state index in [9.17, 15) is 4.79 Å². The van der Waals surface area contributed by atoms with Gasteiger partial charge in [0.25, 0.3) is 11.7 Å². The fraction of sp³-hybridized carbons (Fsp3) is 0.148. The maximum absolute atomic E-state index is 12.7. The zero-order valence-corrected chi connectivity index (χ0v) is 19.1. The Kier molecular flexibility index (Phi) is 5.38. The van der Waals surface area contributed by atoms with Gasteiger partial charge in [-0.1, -0.05) is 24.6 Å². The summed E-state index contributed by atoms with van der Waals surface area (Å²) in [6.07, 6.45) is 3.45. The maximum atomic E-state index is 12.7. The van der Waals surface area contributed by atoms with Crippen molar-refractivity contribution in [1.82, 2.24) is 29.5 Å². The molecule has 0 radical (unpaired) electrons. The molecule has 1 aliphatic heterocycles. The monoisotopic (exact) mass is 473 g/mol. The summed E-state index contributed by atoms with van der Waals surface area (Å²) in [5, 5.41) is 5.59. The van der Waals surface area contributed by atoms with Crippen molar-refractivity contribution in [2.24, 2.45) is 0 Å². The lowest BCUT2D eigenvalue weighted by Crippen LogP contribution is -2.40. The Morgan fingerprint density at radius 1 is 1.08 bits per heavy atom. The standard InChI is InChI=1S/C27H19N7O2/c1-28-24-16-20(22-10-11-29-26(22)31-24)6-7-21-17-30-25-9-8-23(32-34(21)25)18-2-4-19(5-3-18)27(35)33-12-14-36-15-13-33/h2-5,8-11,16-17H,12-15H2,(H,29,31). The molecule has 6 rings (SSSR count). The van der Waals surface area contributed by atoms with E-state index >= 15 is 0 Å². The van der Waals surface area contributed by atoms with Gasteiger partial charge < -0.3 is 19.5 Å². The lowest BCUT2D eigenvalue weighted by atomic mass is 10.1. The number of morpholine rings is 1. The van der Waals surface area contributed by atoms with Crippen LogP contribution in [0.25, 0.3) is 32.8 Å². The number of carbonyl (C=O) groups excluding carboxylic acids is 1. The normalized spacial score (nSPS) is 13.4. The third-order valence-electron chi connectivity index (χ3n) is 6.04. The van der Waals surface area contributed by atoms with Crippen molar-refractivity contribution in [1.29, 1.82) is 0 Å². The Bertz CT molecular complexity index is 1710. The first-order valence-electron chi connectivity index (χ1n) is 11.4. The van der Waals surface area contributed by atoms with E-state index in [-0.39, 0.29) is 11.7 Å². The van der Waals surface area contributed by atoms with Crippen molar-refractivity contribution in [2.45, 2.75) is 0 Å². The van der Waals surface area contributed by atoms with Gasteiger partial charge in [0.2, 0.25) is 5.65 Å². The van der Waals surface area contributed by atoms with Crippen molar-refractivity contribution < 1.29 is 9.53 Å². The van der Waals surface area contributed by atoms with Crippen LogP contribution in [0, 0.1) is 18.4 Å². The van der Waals surface area contributed by atoms with Crippen LogP contribution < -0.4 is 0 Å². The molecule has 1 saturated heterocycles. The Hall–Kier alpha value is -4.99. The molecular formula is C27H19N7O2. The molecule has 0 atom stereocenters. The molecule has 0 saturated carbocycles. The number of nitrogens with one attached hydrogen (secondary N) is 1. The van der Waals surface area contributed by atoms with Crippen molar-refractivity contribution in [3.8, 4) is 23.1 Å². The summed E-state index contributed by atoms with van der Waals surface area (Å²) in [7, 11) is 0. The van der Waals surface area contributed by atoms with Crippen molar-refractivity contribution in [3.63, 3.8) is 0 Å². The first-order chi connectivity index (χ1) is 17.7. The van der Waals surface area contributed by atoms with Crippen LogP contribution in [-0.2, 0) is 4.74 Å². The molecule has 0 aliphatic carbocycles. The summed E-state index contributed by atoms with van der Waals surface area (Å²) in [6, 6.07) is 14.8. The van der Waals surface area contributed by atoms with E-state index in [4.69, 9.17) is 16.4 Å². The van der Waals surface area contributed by atoms with Crippen LogP contribution in [-0.4, -0.2) is 61.7 Å². The van der Waals surface area contributed by atoms with Crippen molar-refractivity contribution in [3.05, 3.63) is 89.2 Å². The van der Waals surface area contributed by atoms with Gasteiger partial charge in [-0.25, -0.2) is 9.50 Å².